The van der Waals surface area contributed by atoms with E-state index in [2.05, 4.69) is 4.98 Å². The van der Waals surface area contributed by atoms with Gasteiger partial charge in [0, 0.05) is 18.0 Å². The normalized spacial score (nSPS) is 11.9. The number of pyridine rings is 1. The third kappa shape index (κ3) is 3.20. The van der Waals surface area contributed by atoms with Crippen LogP contribution in [0.1, 0.15) is 16.1 Å². The van der Waals surface area contributed by atoms with Crippen LogP contribution in [0.2, 0.25) is 0 Å². The summed E-state index contributed by atoms with van der Waals surface area (Å²) in [4.78, 5) is 16.5. The van der Waals surface area contributed by atoms with E-state index in [1.165, 1.54) is 14.2 Å². The van der Waals surface area contributed by atoms with Gasteiger partial charge in [0.1, 0.15) is 11.4 Å². The standard InChI is InChI=1S/C15H16N2O3/c1-17(19)14-7-6-12(20-2)10-13(14)15(18)9-11-5-3-4-8-16-11/h3-8,10,17H,9H2,1-2H3. The van der Waals surface area contributed by atoms with Crippen LogP contribution in [0, 0.1) is 5.21 Å². The zero-order valence-electron chi connectivity index (χ0n) is 11.4. The van der Waals surface area contributed by atoms with Crippen LogP contribution in [0.25, 0.3) is 0 Å². The molecule has 0 amide bonds. The average Bonchev–Trinajstić information content (AvgIpc) is 2.47. The Labute approximate surface area is 117 Å². The number of hydrogen-bond acceptors (Lipinski definition) is 4. The van der Waals surface area contributed by atoms with Gasteiger partial charge in [0.05, 0.1) is 26.1 Å². The molecule has 0 fully saturated rings. The van der Waals surface area contributed by atoms with Crippen molar-refractivity contribution < 1.29 is 14.6 Å². The Balaban J connectivity index is 2.32. The van der Waals surface area contributed by atoms with Crippen LogP contribution in [0.3, 0.4) is 0 Å². The molecule has 0 saturated heterocycles. The van der Waals surface area contributed by atoms with E-state index in [9.17, 15) is 10.0 Å². The quantitative estimate of drug-likeness (QED) is 0.655. The lowest BCUT2D eigenvalue weighted by molar-refractivity contribution is -0.751. The number of hydrogen-bond donors (Lipinski definition) is 1. The molecule has 1 aromatic carbocycles. The fourth-order valence-corrected chi connectivity index (χ4v) is 1.95. The highest BCUT2D eigenvalue weighted by atomic mass is 16.5. The molecule has 0 saturated carbocycles. The van der Waals surface area contributed by atoms with E-state index in [0.29, 0.717) is 22.7 Å². The van der Waals surface area contributed by atoms with Gasteiger partial charge < -0.3 is 15.0 Å². The second-order valence-electron chi connectivity index (χ2n) is 4.39. The molecule has 1 aromatic heterocycles. The summed E-state index contributed by atoms with van der Waals surface area (Å²) in [5.74, 6) is 0.409. The van der Waals surface area contributed by atoms with Gasteiger partial charge in [-0.1, -0.05) is 6.07 Å². The van der Waals surface area contributed by atoms with Crippen LogP contribution in [-0.4, -0.2) is 24.9 Å². The van der Waals surface area contributed by atoms with Crippen molar-refractivity contribution in [3.63, 3.8) is 0 Å². The third-order valence-electron chi connectivity index (χ3n) is 2.97. The smallest absolute Gasteiger partial charge is 0.174 e. The highest BCUT2D eigenvalue weighted by Crippen LogP contribution is 2.20. The van der Waals surface area contributed by atoms with Gasteiger partial charge in [-0.3, -0.25) is 9.78 Å². The Bertz CT molecular complexity index is 597. The second kappa shape index (κ2) is 6.27. The van der Waals surface area contributed by atoms with Gasteiger partial charge in [-0.05, 0) is 24.3 Å². The fourth-order valence-electron chi connectivity index (χ4n) is 1.95. The Morgan fingerprint density at radius 3 is 2.75 bits per heavy atom. The van der Waals surface area contributed by atoms with Crippen LogP contribution >= 0.6 is 0 Å². The lowest BCUT2D eigenvalue weighted by atomic mass is 10.0. The first-order valence-electron chi connectivity index (χ1n) is 6.24. The molecule has 1 N–H and O–H groups in total. The summed E-state index contributed by atoms with van der Waals surface area (Å²) in [6, 6.07) is 10.3. The topological polar surface area (TPSA) is 66.7 Å². The number of Topliss-reactive ketones (excluding diaryl/α,β-unsaturated/α-hetero) is 1. The van der Waals surface area contributed by atoms with Crippen LogP contribution in [0.5, 0.6) is 5.75 Å². The van der Waals surface area contributed by atoms with E-state index in [4.69, 9.17) is 4.74 Å². The zero-order chi connectivity index (χ0) is 14.5. The maximum atomic E-state index is 12.4. The Hall–Kier alpha value is -2.24. The molecule has 5 heteroatoms. The van der Waals surface area contributed by atoms with Gasteiger partial charge in [-0.15, -0.1) is 0 Å². The monoisotopic (exact) mass is 272 g/mol. The lowest BCUT2D eigenvalue weighted by Crippen LogP contribution is -2.98. The molecule has 1 heterocycles. The number of aromatic nitrogens is 1. The highest BCUT2D eigenvalue weighted by molar-refractivity contribution is 6.01. The lowest BCUT2D eigenvalue weighted by Gasteiger charge is -2.19. The summed E-state index contributed by atoms with van der Waals surface area (Å²) in [6.07, 6.45) is 1.80. The van der Waals surface area contributed by atoms with Crippen molar-refractivity contribution in [3.8, 4) is 5.75 Å². The minimum Gasteiger partial charge on any atom is -0.629 e. The van der Waals surface area contributed by atoms with Crippen molar-refractivity contribution in [3.05, 3.63) is 59.1 Å². The summed E-state index contributed by atoms with van der Waals surface area (Å²) < 4.78 is 5.11. The maximum Gasteiger partial charge on any atom is 0.174 e. The van der Waals surface area contributed by atoms with Gasteiger partial charge in [0.25, 0.3) is 0 Å². The number of nitrogens with one attached hydrogen (secondary N) is 1. The molecule has 2 aromatic rings. The molecule has 0 radical (unpaired) electrons. The molecule has 0 aliphatic rings. The Morgan fingerprint density at radius 2 is 2.15 bits per heavy atom. The Kier molecular flexibility index (Phi) is 4.45. The largest absolute Gasteiger partial charge is 0.629 e. The number of carbonyl (C=O) groups is 1. The van der Waals surface area contributed by atoms with Crippen LogP contribution in [0.4, 0.5) is 5.69 Å². The van der Waals surface area contributed by atoms with Crippen molar-refractivity contribution >= 4 is 11.5 Å². The summed E-state index contributed by atoms with van der Waals surface area (Å²) >= 11 is 0. The van der Waals surface area contributed by atoms with E-state index in [0.717, 1.165) is 0 Å². The molecular formula is C15H16N2O3. The molecule has 0 aliphatic carbocycles. The number of methoxy groups -OCH3 is 1. The minimum absolute atomic E-state index is 0.142. The highest BCUT2D eigenvalue weighted by Gasteiger charge is 2.17. The first-order chi connectivity index (χ1) is 9.61. The predicted molar refractivity (Wildman–Crippen MR) is 75.2 cm³/mol. The number of nitrogens with zero attached hydrogens (tertiary/aromatic N) is 1. The van der Waals surface area contributed by atoms with Crippen molar-refractivity contribution in [1.29, 1.82) is 0 Å². The van der Waals surface area contributed by atoms with E-state index >= 15 is 0 Å². The number of hydroxylamine groups is 1. The number of carbonyl (C=O) groups excluding carboxylic acids is 1. The maximum absolute atomic E-state index is 12.4. The average molecular weight is 272 g/mol. The molecule has 1 atom stereocenters. The fraction of sp³-hybridized carbons (Fsp3) is 0.200. The molecule has 5 nitrogen and oxygen atoms in total. The van der Waals surface area contributed by atoms with Gasteiger partial charge in [0.15, 0.2) is 5.78 Å². The second-order valence-corrected chi connectivity index (χ2v) is 4.39. The van der Waals surface area contributed by atoms with E-state index in [1.54, 1.807) is 36.5 Å². The molecule has 1 unspecified atom stereocenters. The number of benzene rings is 1. The van der Waals surface area contributed by atoms with Crippen LogP contribution in [-0.2, 0) is 6.42 Å². The molecule has 0 spiro atoms. The third-order valence-corrected chi connectivity index (χ3v) is 2.97. The van der Waals surface area contributed by atoms with E-state index < -0.39 is 0 Å². The van der Waals surface area contributed by atoms with Crippen molar-refractivity contribution in [1.82, 2.24) is 4.98 Å². The van der Waals surface area contributed by atoms with E-state index in [1.807, 2.05) is 6.07 Å². The molecular weight excluding hydrogens is 256 g/mol. The molecule has 20 heavy (non-hydrogen) atoms. The zero-order valence-corrected chi connectivity index (χ0v) is 11.4. The Morgan fingerprint density at radius 1 is 1.35 bits per heavy atom. The number of rotatable bonds is 5. The van der Waals surface area contributed by atoms with Gasteiger partial charge in [0.2, 0.25) is 0 Å². The summed E-state index contributed by atoms with van der Waals surface area (Å²) in [5, 5.41) is 11.5. The predicted octanol–water partition coefficient (Wildman–Crippen LogP) is 1.16. The van der Waals surface area contributed by atoms with Crippen LogP contribution in [0.15, 0.2) is 42.6 Å². The summed E-state index contributed by atoms with van der Waals surface area (Å²) in [6.45, 7) is 0. The van der Waals surface area contributed by atoms with Gasteiger partial charge >= 0.3 is 0 Å². The minimum atomic E-state index is -0.146. The first-order valence-corrected chi connectivity index (χ1v) is 6.24. The SMILES string of the molecule is COc1ccc([NH+](C)[O-])c(C(=O)Cc2ccccn2)c1. The molecule has 104 valence electrons. The summed E-state index contributed by atoms with van der Waals surface area (Å²) in [7, 11) is 2.97. The first kappa shape index (κ1) is 14.2. The van der Waals surface area contributed by atoms with Crippen molar-refractivity contribution in [2.45, 2.75) is 6.42 Å². The van der Waals surface area contributed by atoms with Crippen LogP contribution < -0.4 is 9.80 Å². The number of quaternary nitrogens is 1. The van der Waals surface area contributed by atoms with Gasteiger partial charge in [-0.25, -0.2) is 0 Å². The van der Waals surface area contributed by atoms with Gasteiger partial charge in [-0.2, -0.15) is 0 Å². The van der Waals surface area contributed by atoms with Crippen molar-refractivity contribution in [2.75, 3.05) is 14.2 Å². The van der Waals surface area contributed by atoms with E-state index in [-0.39, 0.29) is 17.3 Å². The summed E-state index contributed by atoms with van der Waals surface area (Å²) in [5.41, 5.74) is 1.46. The molecule has 0 bridgehead atoms. The number of ketones is 1. The van der Waals surface area contributed by atoms with Crippen molar-refractivity contribution in [2.24, 2.45) is 0 Å². The molecule has 2 rings (SSSR count). The number of ether oxygens (including phenoxy) is 1. The molecule has 0 aliphatic heterocycles.